The average molecular weight is 437 g/mol. The van der Waals surface area contributed by atoms with Crippen LogP contribution in [0.4, 0.5) is 10.3 Å². The first-order valence-corrected chi connectivity index (χ1v) is 9.01. The molecule has 1 fully saturated rings. The Balaban J connectivity index is 0.00000320. The number of halogens is 2. The summed E-state index contributed by atoms with van der Waals surface area (Å²) in [5.41, 5.74) is 6.90. The highest BCUT2D eigenvalue weighted by atomic mass is 35.5. The lowest BCUT2D eigenvalue weighted by Gasteiger charge is -2.27. The fourth-order valence-electron chi connectivity index (χ4n) is 2.97. The maximum atomic E-state index is 14.8. The Bertz CT molecular complexity index is 928. The first-order valence-electron chi connectivity index (χ1n) is 9.01. The second-order valence-corrected chi connectivity index (χ2v) is 6.57. The molecule has 4 N–H and O–H groups in total. The molecular formula is C19H22ClFN6O3. The van der Waals surface area contributed by atoms with Crippen LogP contribution in [0.15, 0.2) is 35.7 Å². The van der Waals surface area contributed by atoms with Gasteiger partial charge in [-0.25, -0.2) is 14.4 Å². The molecule has 30 heavy (non-hydrogen) atoms. The van der Waals surface area contributed by atoms with E-state index in [9.17, 15) is 9.18 Å². The Hall–Kier alpha value is -3.27. The molecule has 1 aliphatic heterocycles. The first-order chi connectivity index (χ1) is 14.0. The molecule has 1 aromatic heterocycles. The monoisotopic (exact) mass is 436 g/mol. The van der Waals surface area contributed by atoms with Crippen molar-refractivity contribution in [2.75, 3.05) is 18.0 Å². The zero-order valence-corrected chi connectivity index (χ0v) is 16.9. The van der Waals surface area contributed by atoms with Gasteiger partial charge in [-0.15, -0.1) is 12.4 Å². The molecule has 0 radical (unpaired) electrons. The van der Waals surface area contributed by atoms with Crippen LogP contribution in [0, 0.1) is 11.2 Å². The number of carbonyl (C=O) groups is 1. The number of aromatic nitrogens is 2. The van der Waals surface area contributed by atoms with Crippen molar-refractivity contribution in [2.24, 2.45) is 10.9 Å². The molecule has 0 spiro atoms. The van der Waals surface area contributed by atoms with E-state index in [1.165, 1.54) is 6.07 Å². The van der Waals surface area contributed by atoms with E-state index in [-0.39, 0.29) is 36.8 Å². The molecule has 3 rings (SSSR count). The van der Waals surface area contributed by atoms with Crippen LogP contribution in [0.25, 0.3) is 11.1 Å². The molecule has 0 amide bonds. The van der Waals surface area contributed by atoms with Crippen LogP contribution in [0.3, 0.4) is 0 Å². The van der Waals surface area contributed by atoms with Crippen LogP contribution in [0.1, 0.15) is 24.8 Å². The molecule has 0 saturated carbocycles. The number of nitrogens with two attached hydrogens (primary N) is 1. The second kappa shape index (κ2) is 10.5. The molecule has 160 valence electrons. The maximum Gasteiger partial charge on any atom is 0.313 e. The number of anilines is 1. The van der Waals surface area contributed by atoms with Crippen molar-refractivity contribution in [2.45, 2.75) is 25.9 Å². The van der Waals surface area contributed by atoms with Gasteiger partial charge in [-0.2, -0.15) is 0 Å². The molecule has 1 aliphatic rings. The number of oxime groups is 1. The van der Waals surface area contributed by atoms with Gasteiger partial charge in [0.05, 0.1) is 5.71 Å². The fourth-order valence-corrected chi connectivity index (χ4v) is 2.97. The van der Waals surface area contributed by atoms with E-state index < -0.39 is 11.8 Å². The number of amidine groups is 1. The smallest absolute Gasteiger partial charge is 0.313 e. The summed E-state index contributed by atoms with van der Waals surface area (Å²) < 4.78 is 19.8. The van der Waals surface area contributed by atoms with Crippen molar-refractivity contribution in [1.29, 1.82) is 5.41 Å². The van der Waals surface area contributed by atoms with Crippen LogP contribution in [0.5, 0.6) is 0 Å². The number of hydrogen-bond acceptors (Lipinski definition) is 8. The molecule has 9 nitrogen and oxygen atoms in total. The molecule has 0 unspecified atom stereocenters. The van der Waals surface area contributed by atoms with E-state index in [0.29, 0.717) is 43.0 Å². The number of esters is 1. The summed E-state index contributed by atoms with van der Waals surface area (Å²) in [5.74, 6) is -0.998. The third-order valence-electron chi connectivity index (χ3n) is 4.52. The maximum absolute atomic E-state index is 14.8. The van der Waals surface area contributed by atoms with E-state index in [2.05, 4.69) is 15.1 Å². The molecule has 2 aromatic rings. The standard InChI is InChI=1S/C19H21FN6O3.ClH/c20-18-12(11-29-17(27)8-16(21)22)2-1-3-15(18)13-9-23-19(24-10-13)26-6-4-14(25-28)5-7-26;/h1-3,9-10,28H,4-8,11H2,(H3,21,22);1H. The zero-order valence-electron chi connectivity index (χ0n) is 16.0. The summed E-state index contributed by atoms with van der Waals surface area (Å²) in [6.45, 7) is 1.04. The third-order valence-corrected chi connectivity index (χ3v) is 4.52. The van der Waals surface area contributed by atoms with Crippen molar-refractivity contribution >= 4 is 35.9 Å². The first kappa shape index (κ1) is 23.0. The number of hydrogen-bond donors (Lipinski definition) is 3. The zero-order chi connectivity index (χ0) is 20.8. The Morgan fingerprint density at radius 2 is 1.97 bits per heavy atom. The number of rotatable bonds is 6. The number of carbonyl (C=O) groups excluding carboxylic acids is 1. The molecule has 0 aliphatic carbocycles. The summed E-state index contributed by atoms with van der Waals surface area (Å²) in [6.07, 6.45) is 4.03. The molecule has 1 aromatic carbocycles. The van der Waals surface area contributed by atoms with Gasteiger partial charge >= 0.3 is 5.97 Å². The van der Waals surface area contributed by atoms with Crippen molar-refractivity contribution in [3.8, 4) is 11.1 Å². The van der Waals surface area contributed by atoms with Gasteiger partial charge in [0.25, 0.3) is 0 Å². The highest BCUT2D eigenvalue weighted by Gasteiger charge is 2.18. The minimum Gasteiger partial charge on any atom is -0.460 e. The third kappa shape index (κ3) is 5.63. The SMILES string of the molecule is Cl.N=C(N)CC(=O)OCc1cccc(-c2cnc(N3CCC(=NO)CC3)nc2)c1F. The lowest BCUT2D eigenvalue weighted by Crippen LogP contribution is -2.35. The largest absolute Gasteiger partial charge is 0.460 e. The lowest BCUT2D eigenvalue weighted by molar-refractivity contribution is -0.143. The van der Waals surface area contributed by atoms with Gasteiger partial charge in [0.1, 0.15) is 24.7 Å². The molecule has 0 bridgehead atoms. The van der Waals surface area contributed by atoms with Gasteiger partial charge in [0, 0.05) is 55.0 Å². The van der Waals surface area contributed by atoms with Crippen LogP contribution in [-0.2, 0) is 16.1 Å². The normalized spacial score (nSPS) is 13.4. The minimum absolute atomic E-state index is 0. The second-order valence-electron chi connectivity index (χ2n) is 6.57. The highest BCUT2D eigenvalue weighted by Crippen LogP contribution is 2.25. The summed E-state index contributed by atoms with van der Waals surface area (Å²) in [6, 6.07) is 4.77. The predicted octanol–water partition coefficient (Wildman–Crippen LogP) is 2.50. The predicted molar refractivity (Wildman–Crippen MR) is 112 cm³/mol. The fraction of sp³-hybridized carbons (Fsp3) is 0.316. The summed E-state index contributed by atoms with van der Waals surface area (Å²) in [7, 11) is 0. The van der Waals surface area contributed by atoms with Crippen molar-refractivity contribution in [3.63, 3.8) is 0 Å². The Kier molecular flexibility index (Phi) is 8.05. The Morgan fingerprint density at radius 3 is 2.57 bits per heavy atom. The number of benzene rings is 1. The molecule has 1 saturated heterocycles. The van der Waals surface area contributed by atoms with Gasteiger partial charge in [-0.05, 0) is 0 Å². The van der Waals surface area contributed by atoms with Gasteiger partial charge in [-0.1, -0.05) is 23.4 Å². The number of ether oxygens (including phenoxy) is 1. The van der Waals surface area contributed by atoms with E-state index in [4.69, 9.17) is 21.1 Å². The number of nitrogens with zero attached hydrogens (tertiary/aromatic N) is 4. The van der Waals surface area contributed by atoms with Crippen LogP contribution in [-0.4, -0.2) is 45.8 Å². The van der Waals surface area contributed by atoms with Crippen LogP contribution < -0.4 is 10.6 Å². The Labute approximate surface area is 178 Å². The molecule has 11 heteroatoms. The lowest BCUT2D eigenvalue weighted by atomic mass is 10.0. The highest BCUT2D eigenvalue weighted by molar-refractivity contribution is 5.94. The number of nitrogens with one attached hydrogen (secondary N) is 1. The van der Waals surface area contributed by atoms with E-state index in [1.54, 1.807) is 24.5 Å². The Morgan fingerprint density at radius 1 is 1.30 bits per heavy atom. The number of piperidine rings is 1. The van der Waals surface area contributed by atoms with Crippen molar-refractivity contribution in [1.82, 2.24) is 9.97 Å². The molecular weight excluding hydrogens is 415 g/mol. The van der Waals surface area contributed by atoms with Crippen LogP contribution in [0.2, 0.25) is 0 Å². The molecule has 2 heterocycles. The van der Waals surface area contributed by atoms with E-state index in [1.807, 2.05) is 4.90 Å². The summed E-state index contributed by atoms with van der Waals surface area (Å²) >= 11 is 0. The van der Waals surface area contributed by atoms with Gasteiger partial charge < -0.3 is 20.6 Å². The quantitative estimate of drug-likeness (QED) is 0.208. The van der Waals surface area contributed by atoms with Crippen LogP contribution >= 0.6 is 12.4 Å². The van der Waals surface area contributed by atoms with Gasteiger partial charge in [0.15, 0.2) is 0 Å². The van der Waals surface area contributed by atoms with E-state index in [0.717, 1.165) is 5.71 Å². The summed E-state index contributed by atoms with van der Waals surface area (Å²) in [4.78, 5) is 22.1. The average Bonchev–Trinajstić information content (AvgIpc) is 2.73. The van der Waals surface area contributed by atoms with Crippen molar-refractivity contribution < 1.29 is 19.1 Å². The minimum atomic E-state index is -0.689. The topological polar surface area (TPSA) is 138 Å². The van der Waals surface area contributed by atoms with Gasteiger partial charge in [-0.3, -0.25) is 10.2 Å². The van der Waals surface area contributed by atoms with Gasteiger partial charge in [0.2, 0.25) is 5.95 Å². The molecule has 0 atom stereocenters. The van der Waals surface area contributed by atoms with E-state index >= 15 is 0 Å². The summed E-state index contributed by atoms with van der Waals surface area (Å²) in [5, 5.41) is 19.1. The van der Waals surface area contributed by atoms with Crippen molar-refractivity contribution in [3.05, 3.63) is 42.0 Å².